The van der Waals surface area contributed by atoms with Gasteiger partial charge in [0.1, 0.15) is 25.4 Å². The van der Waals surface area contributed by atoms with Gasteiger partial charge in [-0.1, -0.05) is 39.3 Å². The van der Waals surface area contributed by atoms with Crippen molar-refractivity contribution < 1.29 is 62.3 Å². The molecule has 0 saturated heterocycles. The summed E-state index contributed by atoms with van der Waals surface area (Å²) < 4.78 is 33.2. The Morgan fingerprint density at radius 1 is 0.803 bits per heavy atom. The molecule has 352 valence electrons. The number of hydrogen-bond donors (Lipinski definition) is 6. The number of carbonyl (C=O) groups is 6. The smallest absolute Gasteiger partial charge is 0.306 e. The third-order valence-electron chi connectivity index (χ3n) is 10.6. The standard InChI is InChI=1S/C42H74ClN5O13/c1-9-38(53)61-42(29(3)25-33(41(42,7)8)34(43)11-10-28(2)24-30(4)49)35(50)26-60-27-46-39(54)31(5)48-40(55)32(6)47-37(52)13-16-56-18-20-58-22-23-59-21-19-57-17-15-45-36(51)12-14-44/h24,29-34,49H,9-23,25-27,44H2,1-8H3,(H,45,51)(H,46,54)(H,47,52)(H,48,55)/b28-24+/t29-,30?,31-,32-,33-,34-,42-/m0/s1. The second-order valence-electron chi connectivity index (χ2n) is 15.9. The van der Waals surface area contributed by atoms with E-state index in [-0.39, 0.29) is 62.3 Å². The number of aliphatic hydroxyl groups excluding tert-OH is 1. The number of esters is 1. The second-order valence-corrected chi connectivity index (χ2v) is 16.5. The van der Waals surface area contributed by atoms with Gasteiger partial charge in [0.15, 0.2) is 5.60 Å². The largest absolute Gasteiger partial charge is 0.450 e. The molecule has 1 fully saturated rings. The number of ether oxygens (including phenoxy) is 6. The summed E-state index contributed by atoms with van der Waals surface area (Å²) in [5.74, 6) is -3.20. The second kappa shape index (κ2) is 30.0. The highest BCUT2D eigenvalue weighted by atomic mass is 35.5. The minimum Gasteiger partial charge on any atom is -0.450 e. The topological polar surface area (TPSA) is 252 Å². The quantitative estimate of drug-likeness (QED) is 0.0180. The Hall–Kier alpha value is -3.23. The van der Waals surface area contributed by atoms with Crippen LogP contribution in [0.5, 0.6) is 0 Å². The van der Waals surface area contributed by atoms with Crippen LogP contribution in [-0.4, -0.2) is 149 Å². The predicted molar refractivity (Wildman–Crippen MR) is 228 cm³/mol. The zero-order chi connectivity index (χ0) is 46.0. The number of Topliss-reactive ketones (excluding diaryl/α,β-unsaturated/α-hetero) is 1. The molecule has 19 heteroatoms. The van der Waals surface area contributed by atoms with Crippen molar-refractivity contribution in [2.75, 3.05) is 79.3 Å². The molecule has 0 radical (unpaired) electrons. The van der Waals surface area contributed by atoms with Crippen molar-refractivity contribution in [3.63, 3.8) is 0 Å². The number of allylic oxidation sites excluding steroid dienone is 1. The van der Waals surface area contributed by atoms with Gasteiger partial charge >= 0.3 is 5.97 Å². The third-order valence-corrected chi connectivity index (χ3v) is 11.1. The van der Waals surface area contributed by atoms with Gasteiger partial charge in [0.25, 0.3) is 0 Å². The molecule has 1 aliphatic carbocycles. The van der Waals surface area contributed by atoms with Crippen LogP contribution in [0.25, 0.3) is 0 Å². The van der Waals surface area contributed by atoms with Gasteiger partial charge in [-0.15, -0.1) is 11.6 Å². The van der Waals surface area contributed by atoms with Gasteiger partial charge in [-0.2, -0.15) is 0 Å². The predicted octanol–water partition coefficient (Wildman–Crippen LogP) is 1.67. The summed E-state index contributed by atoms with van der Waals surface area (Å²) >= 11 is 6.97. The van der Waals surface area contributed by atoms with Gasteiger partial charge < -0.3 is 60.5 Å². The third kappa shape index (κ3) is 20.2. The van der Waals surface area contributed by atoms with Gasteiger partial charge in [0.05, 0.1) is 59.0 Å². The molecule has 7 N–H and O–H groups in total. The average Bonchev–Trinajstić information content (AvgIpc) is 3.40. The minimum absolute atomic E-state index is 0.00759. The molecular formula is C42H74ClN5O13. The summed E-state index contributed by atoms with van der Waals surface area (Å²) in [5, 5.41) is 19.7. The van der Waals surface area contributed by atoms with Gasteiger partial charge in [-0.3, -0.25) is 28.8 Å². The molecule has 1 unspecified atom stereocenters. The minimum atomic E-state index is -1.52. The number of alkyl halides is 1. The fourth-order valence-corrected chi connectivity index (χ4v) is 7.83. The van der Waals surface area contributed by atoms with Crippen LogP contribution < -0.4 is 27.0 Å². The summed E-state index contributed by atoms with van der Waals surface area (Å²) in [6.07, 6.45) is 3.38. The van der Waals surface area contributed by atoms with E-state index in [4.69, 9.17) is 45.8 Å². The Labute approximate surface area is 366 Å². The molecule has 0 aromatic heterocycles. The lowest BCUT2D eigenvalue weighted by atomic mass is 9.67. The molecule has 0 spiro atoms. The zero-order valence-corrected chi connectivity index (χ0v) is 38.3. The SMILES string of the molecule is CCC(=O)O[C@]1(C(=O)COCNC(=O)[C@H](C)NC(=O)[C@H](C)NC(=O)CCOCCOCCOCCOCCNC(=O)CCN)[C@@H](C)C[C@@H]([C@@H](Cl)CC/C(C)=C/C(C)O)C1(C)C. The first-order valence-electron chi connectivity index (χ1n) is 21.3. The van der Waals surface area contributed by atoms with E-state index < -0.39 is 65.3 Å². The molecular weight excluding hydrogens is 818 g/mol. The molecule has 0 heterocycles. The van der Waals surface area contributed by atoms with Crippen molar-refractivity contribution in [1.29, 1.82) is 0 Å². The number of hydrogen-bond acceptors (Lipinski definition) is 14. The average molecular weight is 893 g/mol. The van der Waals surface area contributed by atoms with Crippen molar-refractivity contribution in [1.82, 2.24) is 21.3 Å². The highest BCUT2D eigenvalue weighted by Gasteiger charge is 2.66. The Morgan fingerprint density at radius 2 is 1.38 bits per heavy atom. The number of carbonyl (C=O) groups excluding carboxylic acids is 6. The van der Waals surface area contributed by atoms with Crippen LogP contribution in [0.15, 0.2) is 11.6 Å². The maximum Gasteiger partial charge on any atom is 0.306 e. The highest BCUT2D eigenvalue weighted by molar-refractivity contribution is 6.21. The van der Waals surface area contributed by atoms with Crippen molar-refractivity contribution in [2.24, 2.45) is 23.0 Å². The maximum absolute atomic E-state index is 14.0. The van der Waals surface area contributed by atoms with Crippen LogP contribution >= 0.6 is 11.6 Å². The van der Waals surface area contributed by atoms with E-state index in [1.165, 1.54) is 13.8 Å². The van der Waals surface area contributed by atoms with Crippen LogP contribution in [0.1, 0.15) is 93.9 Å². The Kier molecular flexibility index (Phi) is 27.4. The van der Waals surface area contributed by atoms with Crippen LogP contribution in [0.4, 0.5) is 0 Å². The molecule has 1 rings (SSSR count). The monoisotopic (exact) mass is 891 g/mol. The molecule has 0 aromatic carbocycles. The normalized spacial score (nSPS) is 20.5. The number of amides is 4. The van der Waals surface area contributed by atoms with Crippen LogP contribution in [0, 0.1) is 17.3 Å². The molecule has 1 aliphatic rings. The fourth-order valence-electron chi connectivity index (χ4n) is 7.31. The summed E-state index contributed by atoms with van der Waals surface area (Å²) in [7, 11) is 0. The van der Waals surface area contributed by atoms with E-state index in [2.05, 4.69) is 21.3 Å². The molecule has 0 aromatic rings. The molecule has 7 atom stereocenters. The number of nitrogens with two attached hydrogens (primary N) is 1. The molecule has 0 bridgehead atoms. The number of ketones is 1. The van der Waals surface area contributed by atoms with Gasteiger partial charge in [-0.05, 0) is 52.9 Å². The van der Waals surface area contributed by atoms with Gasteiger partial charge in [-0.25, -0.2) is 0 Å². The summed E-state index contributed by atoms with van der Waals surface area (Å²) in [6, 6.07) is -1.93. The molecule has 4 amide bonds. The molecule has 0 aliphatic heterocycles. The van der Waals surface area contributed by atoms with E-state index in [0.29, 0.717) is 72.0 Å². The Bertz CT molecular complexity index is 1400. The van der Waals surface area contributed by atoms with E-state index in [1.807, 2.05) is 27.7 Å². The van der Waals surface area contributed by atoms with Crippen molar-refractivity contribution in [2.45, 2.75) is 123 Å². The molecule has 1 saturated carbocycles. The number of halogens is 1. The van der Waals surface area contributed by atoms with Crippen molar-refractivity contribution >= 4 is 47.0 Å². The Morgan fingerprint density at radius 3 is 1.95 bits per heavy atom. The number of rotatable bonds is 33. The lowest BCUT2D eigenvalue weighted by Gasteiger charge is -2.44. The van der Waals surface area contributed by atoms with Crippen LogP contribution in [0.3, 0.4) is 0 Å². The highest BCUT2D eigenvalue weighted by Crippen LogP contribution is 2.58. The van der Waals surface area contributed by atoms with Crippen LogP contribution in [-0.2, 0) is 57.2 Å². The summed E-state index contributed by atoms with van der Waals surface area (Å²) in [4.78, 5) is 75.9. The fraction of sp³-hybridized carbons (Fsp3) is 0.810. The van der Waals surface area contributed by atoms with E-state index >= 15 is 0 Å². The lowest BCUT2D eigenvalue weighted by molar-refractivity contribution is -0.188. The summed E-state index contributed by atoms with van der Waals surface area (Å²) in [5.41, 5.74) is 3.94. The lowest BCUT2D eigenvalue weighted by Crippen LogP contribution is -2.58. The van der Waals surface area contributed by atoms with E-state index in [0.717, 1.165) is 5.57 Å². The van der Waals surface area contributed by atoms with Gasteiger partial charge in [0.2, 0.25) is 29.4 Å². The maximum atomic E-state index is 14.0. The van der Waals surface area contributed by atoms with E-state index in [9.17, 15) is 33.9 Å². The summed E-state index contributed by atoms with van der Waals surface area (Å²) in [6.45, 7) is 16.3. The first kappa shape index (κ1) is 55.8. The van der Waals surface area contributed by atoms with Gasteiger partial charge in [0, 0.05) is 49.1 Å². The number of nitrogens with one attached hydrogen (secondary N) is 4. The van der Waals surface area contributed by atoms with Crippen molar-refractivity contribution in [3.8, 4) is 0 Å². The van der Waals surface area contributed by atoms with E-state index in [1.54, 1.807) is 19.9 Å². The first-order valence-corrected chi connectivity index (χ1v) is 21.7. The Balaban J connectivity index is 2.41. The van der Waals surface area contributed by atoms with Crippen molar-refractivity contribution in [3.05, 3.63) is 11.6 Å². The zero-order valence-electron chi connectivity index (χ0n) is 37.6. The molecule has 61 heavy (non-hydrogen) atoms. The van der Waals surface area contributed by atoms with Crippen LogP contribution in [0.2, 0.25) is 0 Å². The number of aliphatic hydroxyl groups is 1. The molecule has 18 nitrogen and oxygen atoms in total. The first-order chi connectivity index (χ1) is 28.8.